The van der Waals surface area contributed by atoms with Crippen LogP contribution in [0.1, 0.15) is 10.5 Å². The first-order chi connectivity index (χ1) is 9.58. The summed E-state index contributed by atoms with van der Waals surface area (Å²) in [7, 11) is 0. The van der Waals surface area contributed by atoms with E-state index in [1.54, 1.807) is 24.3 Å². The zero-order valence-electron chi connectivity index (χ0n) is 10.0. The summed E-state index contributed by atoms with van der Waals surface area (Å²) >= 11 is 6.11. The third-order valence-corrected chi connectivity index (χ3v) is 3.19. The molecule has 2 aromatic heterocycles. The number of carboxylic acids is 1. The van der Waals surface area contributed by atoms with Crippen molar-refractivity contribution in [1.82, 2.24) is 9.38 Å². The van der Waals surface area contributed by atoms with E-state index in [1.807, 2.05) is 0 Å². The van der Waals surface area contributed by atoms with Crippen molar-refractivity contribution in [3.05, 3.63) is 59.1 Å². The van der Waals surface area contributed by atoms with Crippen molar-refractivity contribution in [1.29, 1.82) is 0 Å². The highest BCUT2D eigenvalue weighted by Gasteiger charge is 2.21. The van der Waals surface area contributed by atoms with Crippen molar-refractivity contribution in [2.24, 2.45) is 0 Å². The Morgan fingerprint density at radius 2 is 2.00 bits per heavy atom. The molecular formula is C14H8ClFN2O2. The summed E-state index contributed by atoms with van der Waals surface area (Å²) in [5.41, 5.74) is 0.901. The summed E-state index contributed by atoms with van der Waals surface area (Å²) < 4.78 is 14.9. The molecule has 3 aromatic rings. The van der Waals surface area contributed by atoms with Gasteiger partial charge in [-0.25, -0.2) is 14.2 Å². The van der Waals surface area contributed by atoms with Crippen LogP contribution in [-0.2, 0) is 0 Å². The standard InChI is InChI=1S/C14H8ClFN2O2/c15-10-5-2-6-11-17-12(14(19)20)13(18(10)11)8-3-1-4-9(16)7-8/h1-7H,(H,19,20). The summed E-state index contributed by atoms with van der Waals surface area (Å²) in [6.45, 7) is 0. The van der Waals surface area contributed by atoms with Gasteiger partial charge in [-0.15, -0.1) is 0 Å². The first-order valence-electron chi connectivity index (χ1n) is 5.74. The normalized spacial score (nSPS) is 10.9. The molecule has 0 aliphatic heterocycles. The lowest BCUT2D eigenvalue weighted by molar-refractivity contribution is 0.0692. The van der Waals surface area contributed by atoms with Gasteiger partial charge in [0.25, 0.3) is 0 Å². The molecule has 0 unspecified atom stereocenters. The van der Waals surface area contributed by atoms with Crippen LogP contribution in [0.25, 0.3) is 16.9 Å². The van der Waals surface area contributed by atoms with Crippen LogP contribution >= 0.6 is 11.6 Å². The van der Waals surface area contributed by atoms with E-state index in [2.05, 4.69) is 4.98 Å². The molecule has 0 spiro atoms. The predicted octanol–water partition coefficient (Wildman–Crippen LogP) is 3.49. The number of hydrogen-bond acceptors (Lipinski definition) is 2. The maximum atomic E-state index is 13.4. The van der Waals surface area contributed by atoms with Gasteiger partial charge in [-0.05, 0) is 24.3 Å². The minimum absolute atomic E-state index is 0.163. The topological polar surface area (TPSA) is 54.6 Å². The van der Waals surface area contributed by atoms with Gasteiger partial charge in [0, 0.05) is 5.56 Å². The highest BCUT2D eigenvalue weighted by Crippen LogP contribution is 2.28. The van der Waals surface area contributed by atoms with Crippen LogP contribution < -0.4 is 0 Å². The van der Waals surface area contributed by atoms with Gasteiger partial charge in [-0.1, -0.05) is 29.8 Å². The smallest absolute Gasteiger partial charge is 0.356 e. The lowest BCUT2D eigenvalue weighted by atomic mass is 10.1. The van der Waals surface area contributed by atoms with Crippen LogP contribution in [0.5, 0.6) is 0 Å². The fourth-order valence-electron chi connectivity index (χ4n) is 2.10. The fourth-order valence-corrected chi connectivity index (χ4v) is 2.35. The maximum Gasteiger partial charge on any atom is 0.356 e. The molecule has 100 valence electrons. The van der Waals surface area contributed by atoms with Gasteiger partial charge in [0.1, 0.15) is 16.6 Å². The molecule has 0 aliphatic carbocycles. The average Bonchev–Trinajstić information content (AvgIpc) is 2.80. The number of nitrogens with zero attached hydrogens (tertiary/aromatic N) is 2. The molecule has 0 fully saturated rings. The molecule has 4 nitrogen and oxygen atoms in total. The molecule has 1 aromatic carbocycles. The minimum atomic E-state index is -1.19. The highest BCUT2D eigenvalue weighted by molar-refractivity contribution is 6.30. The zero-order valence-corrected chi connectivity index (χ0v) is 10.8. The SMILES string of the molecule is O=C(O)c1nc2cccc(Cl)n2c1-c1cccc(F)c1. The van der Waals surface area contributed by atoms with E-state index in [0.29, 0.717) is 16.4 Å². The van der Waals surface area contributed by atoms with Gasteiger partial charge < -0.3 is 5.11 Å². The number of halogens is 2. The number of fused-ring (bicyclic) bond motifs is 1. The van der Waals surface area contributed by atoms with Crippen molar-refractivity contribution in [2.75, 3.05) is 0 Å². The Morgan fingerprint density at radius 1 is 1.25 bits per heavy atom. The molecule has 0 aliphatic rings. The van der Waals surface area contributed by atoms with Crippen LogP contribution in [-0.4, -0.2) is 20.5 Å². The largest absolute Gasteiger partial charge is 0.476 e. The monoisotopic (exact) mass is 290 g/mol. The Morgan fingerprint density at radius 3 is 2.70 bits per heavy atom. The van der Waals surface area contributed by atoms with Crippen LogP contribution in [0, 0.1) is 5.82 Å². The molecule has 0 saturated carbocycles. The van der Waals surface area contributed by atoms with Gasteiger partial charge in [0.15, 0.2) is 5.69 Å². The molecular weight excluding hydrogens is 283 g/mol. The molecule has 2 heterocycles. The molecule has 0 amide bonds. The molecule has 20 heavy (non-hydrogen) atoms. The number of rotatable bonds is 2. The Labute approximate surface area is 118 Å². The van der Waals surface area contributed by atoms with E-state index in [4.69, 9.17) is 11.6 Å². The van der Waals surface area contributed by atoms with Crippen molar-refractivity contribution in [3.8, 4) is 11.3 Å². The molecule has 0 saturated heterocycles. The van der Waals surface area contributed by atoms with Gasteiger partial charge >= 0.3 is 5.97 Å². The first-order valence-corrected chi connectivity index (χ1v) is 6.12. The van der Waals surface area contributed by atoms with Crippen molar-refractivity contribution < 1.29 is 14.3 Å². The second kappa shape index (κ2) is 4.61. The predicted molar refractivity (Wildman–Crippen MR) is 72.6 cm³/mol. The van der Waals surface area contributed by atoms with Crippen molar-refractivity contribution in [3.63, 3.8) is 0 Å². The molecule has 0 bridgehead atoms. The number of imidazole rings is 1. The zero-order chi connectivity index (χ0) is 14.3. The number of aromatic nitrogens is 2. The maximum absolute atomic E-state index is 13.4. The lowest BCUT2D eigenvalue weighted by Gasteiger charge is -2.05. The van der Waals surface area contributed by atoms with Gasteiger partial charge in [0.2, 0.25) is 0 Å². The van der Waals surface area contributed by atoms with E-state index in [-0.39, 0.29) is 11.4 Å². The fraction of sp³-hybridized carbons (Fsp3) is 0. The highest BCUT2D eigenvalue weighted by atomic mass is 35.5. The van der Waals surface area contributed by atoms with Gasteiger partial charge in [-0.2, -0.15) is 0 Å². The number of benzene rings is 1. The van der Waals surface area contributed by atoms with Crippen molar-refractivity contribution in [2.45, 2.75) is 0 Å². The average molecular weight is 291 g/mol. The van der Waals surface area contributed by atoms with Crippen LogP contribution in [0.15, 0.2) is 42.5 Å². The van der Waals surface area contributed by atoms with Gasteiger partial charge in [-0.3, -0.25) is 4.40 Å². The summed E-state index contributed by atoms with van der Waals surface area (Å²) in [6.07, 6.45) is 0. The summed E-state index contributed by atoms with van der Waals surface area (Å²) in [6, 6.07) is 10.6. The number of hydrogen-bond donors (Lipinski definition) is 1. The number of aromatic carboxylic acids is 1. The molecule has 6 heteroatoms. The molecule has 1 N–H and O–H groups in total. The summed E-state index contributed by atoms with van der Waals surface area (Å²) in [5.74, 6) is -1.65. The second-order valence-electron chi connectivity index (χ2n) is 4.17. The molecule has 0 radical (unpaired) electrons. The van der Waals surface area contributed by atoms with E-state index in [9.17, 15) is 14.3 Å². The third kappa shape index (κ3) is 1.92. The quantitative estimate of drug-likeness (QED) is 0.735. The second-order valence-corrected chi connectivity index (χ2v) is 4.55. The first kappa shape index (κ1) is 12.6. The van der Waals surface area contributed by atoms with Crippen molar-refractivity contribution >= 4 is 23.2 Å². The van der Waals surface area contributed by atoms with Crippen LogP contribution in [0.4, 0.5) is 4.39 Å². The number of carboxylic acid groups (broad SMARTS) is 1. The number of pyridine rings is 1. The summed E-state index contributed by atoms with van der Waals surface area (Å²) in [4.78, 5) is 15.4. The number of carbonyl (C=O) groups is 1. The summed E-state index contributed by atoms with van der Waals surface area (Å²) in [5, 5.41) is 9.58. The Balaban J connectivity index is 2.43. The molecule has 3 rings (SSSR count). The van der Waals surface area contributed by atoms with E-state index in [0.717, 1.165) is 0 Å². The molecule has 0 atom stereocenters. The third-order valence-electron chi connectivity index (χ3n) is 2.90. The van der Waals surface area contributed by atoms with E-state index < -0.39 is 11.8 Å². The minimum Gasteiger partial charge on any atom is -0.476 e. The van der Waals surface area contributed by atoms with Gasteiger partial charge in [0.05, 0.1) is 5.69 Å². The van der Waals surface area contributed by atoms with Crippen LogP contribution in [0.2, 0.25) is 5.15 Å². The van der Waals surface area contributed by atoms with E-state index >= 15 is 0 Å². The Kier molecular flexibility index (Phi) is 2.91. The lowest BCUT2D eigenvalue weighted by Crippen LogP contribution is -2.00. The van der Waals surface area contributed by atoms with Crippen LogP contribution in [0.3, 0.4) is 0 Å². The Bertz CT molecular complexity index is 829. The Hall–Kier alpha value is -2.40. The van der Waals surface area contributed by atoms with E-state index in [1.165, 1.54) is 22.6 Å².